The third kappa shape index (κ3) is 5.87. The number of phenols is 1. The van der Waals surface area contributed by atoms with E-state index in [-0.39, 0.29) is 33.3 Å². The second kappa shape index (κ2) is 11.8. The highest BCUT2D eigenvalue weighted by Crippen LogP contribution is 2.41. The lowest BCUT2D eigenvalue weighted by atomic mass is 10.0. The number of aromatic hydroxyl groups is 1. The number of aryl methyl sites for hydroxylation is 1. The largest absolute Gasteiger partial charge is 0.505 e. The number of ether oxygens (including phenoxy) is 1. The molecule has 2 N–H and O–H groups in total. The Morgan fingerprint density at radius 3 is 2.38 bits per heavy atom. The molecule has 0 aliphatic rings. The van der Waals surface area contributed by atoms with Gasteiger partial charge in [-0.25, -0.2) is 8.42 Å². The standard InChI is InChI=1S/C33H29N3O5S/c1-21-10-9-15-28(22(21)2)34-33(38)27-18-24-13-7-8-14-26(24)31(32(27)37)36-35-29-19-25(16-17-30(29)41-3)42(39,40)20-23-11-5-4-6-12-23/h4-19,37H,20H2,1-3H3,(H,34,38). The lowest BCUT2D eigenvalue weighted by Gasteiger charge is -2.13. The van der Waals surface area contributed by atoms with Gasteiger partial charge in [-0.05, 0) is 66.3 Å². The zero-order valence-corrected chi connectivity index (χ0v) is 24.1. The zero-order valence-electron chi connectivity index (χ0n) is 23.3. The molecule has 0 saturated carbocycles. The van der Waals surface area contributed by atoms with E-state index in [9.17, 15) is 18.3 Å². The number of hydrogen-bond donors (Lipinski definition) is 2. The highest BCUT2D eigenvalue weighted by atomic mass is 32.2. The van der Waals surface area contributed by atoms with E-state index in [4.69, 9.17) is 4.74 Å². The maximum atomic E-state index is 13.3. The van der Waals surface area contributed by atoms with E-state index in [0.717, 1.165) is 11.1 Å². The minimum absolute atomic E-state index is 0.0229. The van der Waals surface area contributed by atoms with Crippen molar-refractivity contribution >= 4 is 43.6 Å². The Balaban J connectivity index is 1.55. The summed E-state index contributed by atoms with van der Waals surface area (Å²) in [6, 6.07) is 27.6. The number of carbonyl (C=O) groups excluding carboxylic acids is 1. The number of azo groups is 1. The fourth-order valence-electron chi connectivity index (χ4n) is 4.59. The third-order valence-electron chi connectivity index (χ3n) is 7.06. The third-order valence-corrected chi connectivity index (χ3v) is 8.74. The van der Waals surface area contributed by atoms with Crippen LogP contribution in [0.25, 0.3) is 10.8 Å². The SMILES string of the molecule is COc1ccc(S(=O)(=O)Cc2ccccc2)cc1N=Nc1c(O)c(C(=O)Nc2cccc(C)c2C)cc2ccccc12. The number of rotatable bonds is 8. The van der Waals surface area contributed by atoms with Gasteiger partial charge in [-0.15, -0.1) is 10.2 Å². The number of phenolic OH excluding ortho intramolecular Hbond substituents is 1. The van der Waals surface area contributed by atoms with Gasteiger partial charge in [0.15, 0.2) is 15.6 Å². The first-order valence-electron chi connectivity index (χ1n) is 13.2. The normalized spacial score (nSPS) is 11.6. The molecule has 0 heterocycles. The van der Waals surface area contributed by atoms with Crippen LogP contribution in [0.1, 0.15) is 27.0 Å². The molecule has 0 saturated heterocycles. The van der Waals surface area contributed by atoms with Gasteiger partial charge in [0.1, 0.15) is 17.1 Å². The average Bonchev–Trinajstić information content (AvgIpc) is 2.99. The maximum Gasteiger partial charge on any atom is 0.259 e. The van der Waals surface area contributed by atoms with Crippen molar-refractivity contribution in [3.05, 3.63) is 119 Å². The summed E-state index contributed by atoms with van der Waals surface area (Å²) in [6.07, 6.45) is 0. The molecule has 5 rings (SSSR count). The highest BCUT2D eigenvalue weighted by molar-refractivity contribution is 7.90. The summed E-state index contributed by atoms with van der Waals surface area (Å²) in [5, 5.41) is 24.0. The van der Waals surface area contributed by atoms with Gasteiger partial charge in [0, 0.05) is 11.1 Å². The lowest BCUT2D eigenvalue weighted by molar-refractivity contribution is 0.102. The van der Waals surface area contributed by atoms with Gasteiger partial charge in [-0.1, -0.05) is 66.7 Å². The molecule has 212 valence electrons. The summed E-state index contributed by atoms with van der Waals surface area (Å²) in [6.45, 7) is 3.86. The van der Waals surface area contributed by atoms with Crippen molar-refractivity contribution in [3.8, 4) is 11.5 Å². The molecule has 0 unspecified atom stereocenters. The Kier molecular flexibility index (Phi) is 8.04. The predicted molar refractivity (Wildman–Crippen MR) is 164 cm³/mol. The fraction of sp³-hybridized carbons (Fsp3) is 0.121. The smallest absolute Gasteiger partial charge is 0.259 e. The molecule has 1 amide bonds. The highest BCUT2D eigenvalue weighted by Gasteiger charge is 2.21. The van der Waals surface area contributed by atoms with Gasteiger partial charge in [0.25, 0.3) is 5.91 Å². The summed E-state index contributed by atoms with van der Waals surface area (Å²) < 4.78 is 31.8. The summed E-state index contributed by atoms with van der Waals surface area (Å²) in [7, 11) is -2.26. The predicted octanol–water partition coefficient (Wildman–Crippen LogP) is 7.81. The minimum atomic E-state index is -3.70. The molecule has 9 heteroatoms. The summed E-state index contributed by atoms with van der Waals surface area (Å²) in [4.78, 5) is 13.4. The topological polar surface area (TPSA) is 117 Å². The number of benzene rings is 5. The van der Waals surface area contributed by atoms with Crippen LogP contribution in [0.5, 0.6) is 11.5 Å². The summed E-state index contributed by atoms with van der Waals surface area (Å²) in [5.74, 6) is -0.744. The molecule has 0 aliphatic carbocycles. The molecule has 0 bridgehead atoms. The number of amides is 1. The zero-order chi connectivity index (χ0) is 29.9. The van der Waals surface area contributed by atoms with E-state index in [0.29, 0.717) is 27.8 Å². The van der Waals surface area contributed by atoms with Crippen molar-refractivity contribution in [1.29, 1.82) is 0 Å². The van der Waals surface area contributed by atoms with Crippen LogP contribution in [-0.2, 0) is 15.6 Å². The van der Waals surface area contributed by atoms with Crippen molar-refractivity contribution in [2.75, 3.05) is 12.4 Å². The van der Waals surface area contributed by atoms with E-state index in [2.05, 4.69) is 15.5 Å². The molecular formula is C33H29N3O5S. The van der Waals surface area contributed by atoms with Crippen molar-refractivity contribution in [2.45, 2.75) is 24.5 Å². The van der Waals surface area contributed by atoms with Crippen molar-refractivity contribution in [1.82, 2.24) is 0 Å². The van der Waals surface area contributed by atoms with E-state index < -0.39 is 15.7 Å². The molecule has 0 fully saturated rings. The molecule has 0 aromatic heterocycles. The maximum absolute atomic E-state index is 13.3. The molecule has 42 heavy (non-hydrogen) atoms. The number of nitrogens with zero attached hydrogens (tertiary/aromatic N) is 2. The first-order valence-corrected chi connectivity index (χ1v) is 14.8. The molecule has 5 aromatic rings. The molecule has 0 radical (unpaired) electrons. The van der Waals surface area contributed by atoms with Crippen LogP contribution in [0.4, 0.5) is 17.1 Å². The van der Waals surface area contributed by atoms with Gasteiger partial charge in [0.2, 0.25) is 0 Å². The van der Waals surface area contributed by atoms with Crippen LogP contribution in [0.2, 0.25) is 0 Å². The monoisotopic (exact) mass is 579 g/mol. The van der Waals surface area contributed by atoms with Crippen LogP contribution >= 0.6 is 0 Å². The Morgan fingerprint density at radius 2 is 1.62 bits per heavy atom. The van der Waals surface area contributed by atoms with E-state index >= 15 is 0 Å². The number of sulfone groups is 1. The minimum Gasteiger partial charge on any atom is -0.505 e. The number of methoxy groups -OCH3 is 1. The van der Waals surface area contributed by atoms with E-state index in [1.165, 1.54) is 25.3 Å². The van der Waals surface area contributed by atoms with Crippen molar-refractivity contribution < 1.29 is 23.1 Å². The van der Waals surface area contributed by atoms with Crippen LogP contribution < -0.4 is 10.1 Å². The van der Waals surface area contributed by atoms with Crippen LogP contribution in [0.15, 0.2) is 112 Å². The van der Waals surface area contributed by atoms with Gasteiger partial charge < -0.3 is 15.2 Å². The van der Waals surface area contributed by atoms with Crippen LogP contribution in [0, 0.1) is 13.8 Å². The number of fused-ring (bicyclic) bond motifs is 1. The molecule has 5 aromatic carbocycles. The van der Waals surface area contributed by atoms with Gasteiger partial charge in [-0.2, -0.15) is 0 Å². The van der Waals surface area contributed by atoms with E-state index in [1.54, 1.807) is 54.6 Å². The van der Waals surface area contributed by atoms with Gasteiger partial charge in [-0.3, -0.25) is 4.79 Å². The molecule has 8 nitrogen and oxygen atoms in total. The number of nitrogens with one attached hydrogen (secondary N) is 1. The first-order chi connectivity index (χ1) is 20.2. The Labute approximate surface area is 244 Å². The van der Waals surface area contributed by atoms with E-state index in [1.807, 2.05) is 38.1 Å². The molecule has 0 aliphatic heterocycles. The number of hydrogen-bond acceptors (Lipinski definition) is 7. The number of anilines is 1. The fourth-order valence-corrected chi connectivity index (χ4v) is 5.95. The number of carbonyl (C=O) groups is 1. The Morgan fingerprint density at radius 1 is 0.881 bits per heavy atom. The summed E-state index contributed by atoms with van der Waals surface area (Å²) >= 11 is 0. The van der Waals surface area contributed by atoms with Gasteiger partial charge in [0.05, 0.1) is 23.3 Å². The molecular weight excluding hydrogens is 550 g/mol. The Bertz CT molecular complexity index is 1940. The Hall–Kier alpha value is -5.02. The quantitative estimate of drug-likeness (QED) is 0.182. The van der Waals surface area contributed by atoms with Crippen LogP contribution in [0.3, 0.4) is 0 Å². The molecule has 0 atom stereocenters. The van der Waals surface area contributed by atoms with Crippen molar-refractivity contribution in [2.24, 2.45) is 10.2 Å². The van der Waals surface area contributed by atoms with Crippen LogP contribution in [-0.4, -0.2) is 26.5 Å². The second-order valence-corrected chi connectivity index (χ2v) is 11.8. The van der Waals surface area contributed by atoms with Crippen molar-refractivity contribution in [3.63, 3.8) is 0 Å². The van der Waals surface area contributed by atoms with Gasteiger partial charge >= 0.3 is 0 Å². The average molecular weight is 580 g/mol. The summed E-state index contributed by atoms with van der Waals surface area (Å²) in [5.41, 5.74) is 3.47. The second-order valence-electron chi connectivity index (χ2n) is 9.82. The first kappa shape index (κ1) is 28.5. The molecule has 0 spiro atoms. The lowest BCUT2D eigenvalue weighted by Crippen LogP contribution is -2.13.